The molecule has 0 amide bonds. The van der Waals surface area contributed by atoms with Crippen molar-refractivity contribution >= 4 is 18.1 Å². The lowest BCUT2D eigenvalue weighted by molar-refractivity contribution is 0.426. The number of nitrogens with zero attached hydrogens (tertiary/aromatic N) is 4. The van der Waals surface area contributed by atoms with Crippen molar-refractivity contribution in [2.45, 2.75) is 26.9 Å². The second-order valence-electron chi connectivity index (χ2n) is 4.41. The van der Waals surface area contributed by atoms with E-state index in [2.05, 4.69) is 15.5 Å². The molecule has 0 saturated heterocycles. The monoisotopic (exact) mass is 305 g/mol. The van der Waals surface area contributed by atoms with Gasteiger partial charge in [0.05, 0.1) is 23.6 Å². The van der Waals surface area contributed by atoms with Crippen molar-refractivity contribution < 1.29 is 8.78 Å². The SMILES string of the molecule is Cc1nn(CCF)cc1NCc1c(C)nn(C)c1F.Cl. The van der Waals surface area contributed by atoms with E-state index in [4.69, 9.17) is 0 Å². The van der Waals surface area contributed by atoms with E-state index in [1.54, 1.807) is 20.2 Å². The van der Waals surface area contributed by atoms with Gasteiger partial charge in [0.1, 0.15) is 6.67 Å². The predicted molar refractivity (Wildman–Crippen MR) is 75.4 cm³/mol. The lowest BCUT2D eigenvalue weighted by Gasteiger charge is -2.03. The second kappa shape index (κ2) is 6.69. The van der Waals surface area contributed by atoms with Gasteiger partial charge in [-0.15, -0.1) is 12.4 Å². The van der Waals surface area contributed by atoms with E-state index in [0.717, 1.165) is 11.4 Å². The molecule has 0 bridgehead atoms. The third-order valence-electron chi connectivity index (χ3n) is 2.99. The highest BCUT2D eigenvalue weighted by Crippen LogP contribution is 2.17. The van der Waals surface area contributed by atoms with E-state index in [1.165, 1.54) is 9.36 Å². The molecule has 0 radical (unpaired) electrons. The Hall–Kier alpha value is -1.63. The minimum atomic E-state index is -0.461. The molecular formula is C12H18ClF2N5. The van der Waals surface area contributed by atoms with Crippen LogP contribution in [0.4, 0.5) is 14.5 Å². The normalized spacial score (nSPS) is 10.4. The maximum Gasteiger partial charge on any atom is 0.216 e. The lowest BCUT2D eigenvalue weighted by Crippen LogP contribution is -2.03. The Labute approximate surface area is 122 Å². The average Bonchev–Trinajstić information content (AvgIpc) is 2.80. The quantitative estimate of drug-likeness (QED) is 0.922. The van der Waals surface area contributed by atoms with Gasteiger partial charge < -0.3 is 5.32 Å². The number of anilines is 1. The van der Waals surface area contributed by atoms with E-state index < -0.39 is 6.67 Å². The highest BCUT2D eigenvalue weighted by Gasteiger charge is 2.13. The van der Waals surface area contributed by atoms with E-state index in [1.807, 2.05) is 6.92 Å². The predicted octanol–water partition coefficient (Wildman–Crippen LogP) is 2.38. The number of alkyl halides is 1. The Morgan fingerprint density at radius 2 is 1.95 bits per heavy atom. The molecule has 8 heteroatoms. The molecule has 0 aromatic carbocycles. The van der Waals surface area contributed by atoms with Gasteiger partial charge in [-0.25, -0.2) is 9.07 Å². The van der Waals surface area contributed by atoms with Gasteiger partial charge in [-0.3, -0.25) is 4.68 Å². The summed E-state index contributed by atoms with van der Waals surface area (Å²) in [7, 11) is 1.57. The van der Waals surface area contributed by atoms with Crippen LogP contribution >= 0.6 is 12.4 Å². The van der Waals surface area contributed by atoms with Crippen molar-refractivity contribution in [3.05, 3.63) is 29.1 Å². The summed E-state index contributed by atoms with van der Waals surface area (Å²) in [6.45, 7) is 3.68. The molecule has 0 aliphatic heterocycles. The van der Waals surface area contributed by atoms with Crippen molar-refractivity contribution in [1.29, 1.82) is 0 Å². The smallest absolute Gasteiger partial charge is 0.216 e. The fourth-order valence-corrected chi connectivity index (χ4v) is 1.95. The standard InChI is InChI=1S/C12H17F2N5.ClH/c1-8-10(12(14)18(3)16-8)6-15-11-7-19(5-4-13)17-9(11)2;/h7,15H,4-6H2,1-3H3;1H. The number of nitrogens with one attached hydrogen (secondary N) is 1. The lowest BCUT2D eigenvalue weighted by atomic mass is 10.2. The third-order valence-corrected chi connectivity index (χ3v) is 2.99. The molecule has 1 N–H and O–H groups in total. The van der Waals surface area contributed by atoms with Crippen LogP contribution in [0.15, 0.2) is 6.20 Å². The zero-order chi connectivity index (χ0) is 14.0. The summed E-state index contributed by atoms with van der Waals surface area (Å²) in [6, 6.07) is 0. The van der Waals surface area contributed by atoms with Crippen molar-refractivity contribution in [1.82, 2.24) is 19.6 Å². The maximum atomic E-state index is 13.7. The molecule has 2 aromatic heterocycles. The molecule has 0 spiro atoms. The van der Waals surface area contributed by atoms with Crippen LogP contribution < -0.4 is 5.32 Å². The van der Waals surface area contributed by atoms with E-state index in [9.17, 15) is 8.78 Å². The van der Waals surface area contributed by atoms with Crippen LogP contribution in [-0.4, -0.2) is 26.2 Å². The summed E-state index contributed by atoms with van der Waals surface area (Å²) in [4.78, 5) is 0. The van der Waals surface area contributed by atoms with Gasteiger partial charge >= 0.3 is 0 Å². The fourth-order valence-electron chi connectivity index (χ4n) is 1.95. The van der Waals surface area contributed by atoms with Crippen LogP contribution in [0.1, 0.15) is 17.0 Å². The van der Waals surface area contributed by atoms with Crippen LogP contribution in [0.2, 0.25) is 0 Å². The molecular weight excluding hydrogens is 288 g/mol. The van der Waals surface area contributed by atoms with Crippen LogP contribution in [0, 0.1) is 19.8 Å². The number of rotatable bonds is 5. The largest absolute Gasteiger partial charge is 0.378 e. The highest BCUT2D eigenvalue weighted by molar-refractivity contribution is 5.85. The van der Waals surface area contributed by atoms with E-state index >= 15 is 0 Å². The minimum absolute atomic E-state index is 0. The zero-order valence-electron chi connectivity index (χ0n) is 11.7. The van der Waals surface area contributed by atoms with E-state index in [-0.39, 0.29) is 24.9 Å². The Bertz CT molecular complexity index is 579. The molecule has 5 nitrogen and oxygen atoms in total. The maximum absolute atomic E-state index is 13.7. The van der Waals surface area contributed by atoms with Gasteiger partial charge in [-0.2, -0.15) is 14.6 Å². The van der Waals surface area contributed by atoms with Gasteiger partial charge in [0.15, 0.2) is 0 Å². The number of halogens is 3. The Kier molecular flexibility index (Phi) is 5.50. The number of aromatic nitrogens is 4. The summed E-state index contributed by atoms with van der Waals surface area (Å²) >= 11 is 0. The number of aryl methyl sites for hydroxylation is 4. The highest BCUT2D eigenvalue weighted by atomic mass is 35.5. The second-order valence-corrected chi connectivity index (χ2v) is 4.41. The van der Waals surface area contributed by atoms with Crippen molar-refractivity contribution in [3.63, 3.8) is 0 Å². The van der Waals surface area contributed by atoms with Gasteiger partial charge in [-0.1, -0.05) is 0 Å². The summed E-state index contributed by atoms with van der Waals surface area (Å²) < 4.78 is 28.7. The molecule has 0 fully saturated rings. The van der Waals surface area contributed by atoms with Crippen LogP contribution in [-0.2, 0) is 20.1 Å². The van der Waals surface area contributed by atoms with Crippen molar-refractivity contribution in [2.24, 2.45) is 7.05 Å². The number of hydrogen-bond acceptors (Lipinski definition) is 3. The molecule has 0 unspecified atom stereocenters. The Balaban J connectivity index is 0.00000200. The summed E-state index contributed by atoms with van der Waals surface area (Å²) in [5.41, 5.74) is 2.72. The first-order valence-electron chi connectivity index (χ1n) is 6.04. The van der Waals surface area contributed by atoms with Gasteiger partial charge in [0.25, 0.3) is 0 Å². The first-order valence-corrected chi connectivity index (χ1v) is 6.04. The van der Waals surface area contributed by atoms with Crippen molar-refractivity contribution in [3.8, 4) is 0 Å². The molecule has 2 rings (SSSR count). The molecule has 0 aliphatic carbocycles. The molecule has 0 saturated carbocycles. The molecule has 0 aliphatic rings. The zero-order valence-corrected chi connectivity index (χ0v) is 12.5. The van der Waals surface area contributed by atoms with Crippen molar-refractivity contribution in [2.75, 3.05) is 12.0 Å². The topological polar surface area (TPSA) is 47.7 Å². The Morgan fingerprint density at radius 1 is 1.25 bits per heavy atom. The molecule has 0 atom stereocenters. The van der Waals surface area contributed by atoms with Gasteiger partial charge in [0, 0.05) is 25.4 Å². The molecule has 2 aromatic rings. The summed E-state index contributed by atoms with van der Waals surface area (Å²) in [5, 5.41) is 11.3. The number of hydrogen-bond donors (Lipinski definition) is 1. The third kappa shape index (κ3) is 3.27. The average molecular weight is 306 g/mol. The van der Waals surface area contributed by atoms with Crippen LogP contribution in [0.25, 0.3) is 0 Å². The van der Waals surface area contributed by atoms with Crippen LogP contribution in [0.5, 0.6) is 0 Å². The first kappa shape index (κ1) is 16.4. The van der Waals surface area contributed by atoms with E-state index in [0.29, 0.717) is 17.8 Å². The minimum Gasteiger partial charge on any atom is -0.378 e. The summed E-state index contributed by atoms with van der Waals surface area (Å²) in [5.74, 6) is -0.348. The van der Waals surface area contributed by atoms with Crippen LogP contribution in [0.3, 0.4) is 0 Å². The molecule has 2 heterocycles. The molecule has 112 valence electrons. The van der Waals surface area contributed by atoms with Gasteiger partial charge in [0.2, 0.25) is 5.95 Å². The summed E-state index contributed by atoms with van der Waals surface area (Å²) in [6.07, 6.45) is 1.72. The fraction of sp³-hybridized carbons (Fsp3) is 0.500. The first-order chi connectivity index (χ1) is 9.02. The molecule has 20 heavy (non-hydrogen) atoms. The Morgan fingerprint density at radius 3 is 2.50 bits per heavy atom. The van der Waals surface area contributed by atoms with Gasteiger partial charge in [-0.05, 0) is 13.8 Å².